The number of rotatable bonds is 5. The topological polar surface area (TPSA) is 91.9 Å². The molecule has 0 amide bonds. The van der Waals surface area contributed by atoms with E-state index in [1.165, 1.54) is 22.3 Å². The molecule has 114 valence electrons. The fraction of sp³-hybridized carbons (Fsp3) is 0.250. The number of aryl methyl sites for hydroxylation is 1. The quantitative estimate of drug-likeness (QED) is 0.648. The van der Waals surface area contributed by atoms with Gasteiger partial charge in [-0.3, -0.25) is 9.36 Å². The van der Waals surface area contributed by atoms with Crippen molar-refractivity contribution >= 4 is 28.6 Å². The first-order valence-corrected chi connectivity index (χ1v) is 8.05. The van der Waals surface area contributed by atoms with E-state index in [0.717, 1.165) is 17.0 Å². The third-order valence-electron chi connectivity index (χ3n) is 2.95. The molecule has 0 radical (unpaired) electrons. The third kappa shape index (κ3) is 2.83. The summed E-state index contributed by atoms with van der Waals surface area (Å²) in [6.07, 6.45) is 1.41. The van der Waals surface area contributed by atoms with E-state index in [2.05, 4.69) is 15.5 Å². The van der Waals surface area contributed by atoms with Crippen molar-refractivity contribution in [1.29, 1.82) is 0 Å². The normalized spacial score (nSPS) is 10.8. The summed E-state index contributed by atoms with van der Waals surface area (Å²) in [6.45, 7) is 2.31. The molecule has 0 aliphatic rings. The highest BCUT2D eigenvalue weighted by atomic mass is 32.1. The number of nitrogens with zero attached hydrogens (tertiary/aromatic N) is 5. The average Bonchev–Trinajstić information content (AvgIpc) is 3.22. The van der Waals surface area contributed by atoms with E-state index in [1.807, 2.05) is 6.92 Å². The van der Waals surface area contributed by atoms with E-state index in [-0.39, 0.29) is 11.5 Å². The predicted octanol–water partition coefficient (Wildman–Crippen LogP) is 1.11. The highest BCUT2D eigenvalue weighted by Crippen LogP contribution is 2.20. The van der Waals surface area contributed by atoms with E-state index >= 15 is 0 Å². The molecule has 0 saturated carbocycles. The maximum Gasteiger partial charge on any atom is 0.350 e. The Morgan fingerprint density at radius 2 is 2.27 bits per heavy atom. The highest BCUT2D eigenvalue weighted by Gasteiger charge is 2.17. The van der Waals surface area contributed by atoms with Gasteiger partial charge in [-0.25, -0.2) is 4.79 Å². The molecule has 22 heavy (non-hydrogen) atoms. The number of ether oxygens (including phenoxy) is 1. The molecule has 3 aromatic rings. The number of tetrazole rings is 1. The fourth-order valence-corrected chi connectivity index (χ4v) is 3.41. The summed E-state index contributed by atoms with van der Waals surface area (Å²) in [5.41, 5.74) is 1.43. The van der Waals surface area contributed by atoms with Gasteiger partial charge in [-0.05, 0) is 28.8 Å². The molecule has 0 atom stereocenters. The van der Waals surface area contributed by atoms with Gasteiger partial charge in [0.2, 0.25) is 0 Å². The van der Waals surface area contributed by atoms with Crippen molar-refractivity contribution in [2.45, 2.75) is 13.5 Å². The lowest BCUT2D eigenvalue weighted by atomic mass is 10.4. The molecule has 0 unspecified atom stereocenters. The number of hydrogen-bond donors (Lipinski definition) is 0. The number of aromatic nitrogens is 5. The molecule has 3 aromatic heterocycles. The van der Waals surface area contributed by atoms with Crippen LogP contribution < -0.4 is 4.87 Å². The van der Waals surface area contributed by atoms with Gasteiger partial charge in [0.15, 0.2) is 0 Å². The first-order chi connectivity index (χ1) is 10.7. The van der Waals surface area contributed by atoms with Crippen LogP contribution in [0.4, 0.5) is 0 Å². The number of carbonyl (C=O) groups excluding carboxylic acids is 1. The first-order valence-electron chi connectivity index (χ1n) is 6.29. The van der Waals surface area contributed by atoms with Crippen LogP contribution in [0, 0.1) is 6.92 Å². The molecular weight excluding hydrogens is 326 g/mol. The maximum absolute atomic E-state index is 12.1. The summed E-state index contributed by atoms with van der Waals surface area (Å²) in [6, 6.07) is 1.74. The second kappa shape index (κ2) is 6.20. The van der Waals surface area contributed by atoms with E-state index in [4.69, 9.17) is 4.74 Å². The predicted molar refractivity (Wildman–Crippen MR) is 80.6 cm³/mol. The largest absolute Gasteiger partial charge is 0.460 e. The van der Waals surface area contributed by atoms with Crippen LogP contribution in [0.15, 0.2) is 27.9 Å². The molecule has 10 heteroatoms. The number of thiophene rings is 1. The minimum atomic E-state index is -0.457. The van der Waals surface area contributed by atoms with Crippen molar-refractivity contribution in [3.63, 3.8) is 0 Å². The van der Waals surface area contributed by atoms with Crippen LogP contribution in [0.5, 0.6) is 0 Å². The van der Waals surface area contributed by atoms with E-state index in [1.54, 1.807) is 21.4 Å². The summed E-state index contributed by atoms with van der Waals surface area (Å²) in [7, 11) is 0. The van der Waals surface area contributed by atoms with Gasteiger partial charge in [-0.1, -0.05) is 11.3 Å². The zero-order valence-electron chi connectivity index (χ0n) is 11.5. The fourth-order valence-electron chi connectivity index (χ4n) is 1.88. The Hall–Kier alpha value is -2.33. The minimum absolute atomic E-state index is 0.0564. The summed E-state index contributed by atoms with van der Waals surface area (Å²) in [5, 5.41) is 14.4. The minimum Gasteiger partial charge on any atom is -0.460 e. The number of esters is 1. The Morgan fingerprint density at radius 3 is 2.95 bits per heavy atom. The Kier molecular flexibility index (Phi) is 4.11. The molecule has 0 fully saturated rings. The molecule has 0 bridgehead atoms. The van der Waals surface area contributed by atoms with Gasteiger partial charge in [0.1, 0.15) is 17.8 Å². The molecule has 0 spiro atoms. The standard InChI is InChI=1S/C12H11N5O3S2/c1-8-6-22-12(19)16(8)3-4-20-11(18)10-9(2-5-21-10)17-7-13-14-15-17/h2,5-7H,3-4H2,1H3. The van der Waals surface area contributed by atoms with Crippen molar-refractivity contribution in [3.8, 4) is 5.69 Å². The second-order valence-corrected chi connectivity index (χ2v) is 6.06. The SMILES string of the molecule is Cc1csc(=O)n1CCOC(=O)c1sccc1-n1cnnn1. The second-order valence-electron chi connectivity index (χ2n) is 4.32. The van der Waals surface area contributed by atoms with Crippen LogP contribution in [-0.4, -0.2) is 37.4 Å². The van der Waals surface area contributed by atoms with Crippen molar-refractivity contribution in [3.05, 3.63) is 43.4 Å². The van der Waals surface area contributed by atoms with Gasteiger partial charge in [-0.15, -0.1) is 16.4 Å². The number of carbonyl (C=O) groups is 1. The van der Waals surface area contributed by atoms with E-state index in [0.29, 0.717) is 17.1 Å². The molecule has 0 aromatic carbocycles. The van der Waals surface area contributed by atoms with Crippen LogP contribution in [0.25, 0.3) is 5.69 Å². The van der Waals surface area contributed by atoms with E-state index < -0.39 is 5.97 Å². The molecule has 0 N–H and O–H groups in total. The molecule has 0 aliphatic heterocycles. The van der Waals surface area contributed by atoms with Crippen LogP contribution in [0.3, 0.4) is 0 Å². The zero-order valence-corrected chi connectivity index (χ0v) is 13.1. The van der Waals surface area contributed by atoms with Crippen molar-refractivity contribution < 1.29 is 9.53 Å². The van der Waals surface area contributed by atoms with Gasteiger partial charge < -0.3 is 4.74 Å². The van der Waals surface area contributed by atoms with Crippen LogP contribution in [0.2, 0.25) is 0 Å². The molecule has 0 saturated heterocycles. The molecule has 8 nitrogen and oxygen atoms in total. The third-order valence-corrected chi connectivity index (χ3v) is 4.71. The first kappa shape index (κ1) is 14.6. The van der Waals surface area contributed by atoms with Crippen molar-refractivity contribution in [2.75, 3.05) is 6.61 Å². The monoisotopic (exact) mass is 337 g/mol. The Morgan fingerprint density at radius 1 is 1.41 bits per heavy atom. The van der Waals surface area contributed by atoms with Gasteiger partial charge in [0.25, 0.3) is 0 Å². The van der Waals surface area contributed by atoms with Gasteiger partial charge >= 0.3 is 10.8 Å². The van der Waals surface area contributed by atoms with Crippen molar-refractivity contribution in [2.24, 2.45) is 0 Å². The smallest absolute Gasteiger partial charge is 0.350 e. The van der Waals surface area contributed by atoms with Crippen LogP contribution >= 0.6 is 22.7 Å². The summed E-state index contributed by atoms with van der Waals surface area (Å²) in [4.78, 5) is 24.1. The van der Waals surface area contributed by atoms with Gasteiger partial charge in [0, 0.05) is 11.1 Å². The Labute approximate surface area is 132 Å². The highest BCUT2D eigenvalue weighted by molar-refractivity contribution is 7.12. The Balaban J connectivity index is 1.66. The molecule has 0 aliphatic carbocycles. The summed E-state index contributed by atoms with van der Waals surface area (Å²) >= 11 is 2.38. The molecule has 3 heterocycles. The lowest BCUT2D eigenvalue weighted by molar-refractivity contribution is 0.0495. The summed E-state index contributed by atoms with van der Waals surface area (Å²) in [5.74, 6) is -0.457. The average molecular weight is 337 g/mol. The Bertz CT molecular complexity index is 833. The lowest BCUT2D eigenvalue weighted by Crippen LogP contribution is -2.19. The van der Waals surface area contributed by atoms with Gasteiger partial charge in [0.05, 0.1) is 12.2 Å². The van der Waals surface area contributed by atoms with Crippen LogP contribution in [-0.2, 0) is 11.3 Å². The van der Waals surface area contributed by atoms with Crippen molar-refractivity contribution in [1.82, 2.24) is 24.8 Å². The maximum atomic E-state index is 12.1. The summed E-state index contributed by atoms with van der Waals surface area (Å²) < 4.78 is 8.22. The lowest BCUT2D eigenvalue weighted by Gasteiger charge is -2.06. The van der Waals surface area contributed by atoms with E-state index in [9.17, 15) is 9.59 Å². The molecular formula is C12H11N5O3S2. The zero-order chi connectivity index (χ0) is 15.5. The molecule has 3 rings (SSSR count). The van der Waals surface area contributed by atoms with Crippen LogP contribution in [0.1, 0.15) is 15.4 Å². The number of hydrogen-bond acceptors (Lipinski definition) is 8. The number of thiazole rings is 1. The van der Waals surface area contributed by atoms with Gasteiger partial charge in [-0.2, -0.15) is 4.68 Å².